The van der Waals surface area contributed by atoms with E-state index in [0.29, 0.717) is 11.1 Å². The second-order valence-corrected chi connectivity index (χ2v) is 10.6. The minimum Gasteiger partial charge on any atom is -0.508 e. The minimum absolute atomic E-state index is 0.0151. The summed E-state index contributed by atoms with van der Waals surface area (Å²) in [5.74, 6) is -8.77. The normalized spacial score (nSPS) is 33.4. The van der Waals surface area contributed by atoms with E-state index in [1.54, 1.807) is 19.1 Å². The van der Waals surface area contributed by atoms with E-state index in [-0.39, 0.29) is 16.9 Å². The number of ketones is 2. The zero-order chi connectivity index (χ0) is 27.1. The predicted molar refractivity (Wildman–Crippen MR) is 132 cm³/mol. The largest absolute Gasteiger partial charge is 0.508 e. The van der Waals surface area contributed by atoms with Crippen molar-refractivity contribution in [2.75, 3.05) is 14.1 Å². The second kappa shape index (κ2) is 8.27. The van der Waals surface area contributed by atoms with Gasteiger partial charge in [0, 0.05) is 17.1 Å². The molecule has 7 N–H and O–H groups in total. The fourth-order valence-electron chi connectivity index (χ4n) is 6.79. The Morgan fingerprint density at radius 2 is 1.84 bits per heavy atom. The van der Waals surface area contributed by atoms with Crippen LogP contribution in [0.5, 0.6) is 5.75 Å². The summed E-state index contributed by atoms with van der Waals surface area (Å²) in [6, 6.07) is 2.11. The molecule has 0 spiro atoms. The number of fused-ring (bicyclic) bond motifs is 3. The van der Waals surface area contributed by atoms with Crippen molar-refractivity contribution in [3.05, 3.63) is 51.8 Å². The Labute approximate surface area is 213 Å². The van der Waals surface area contributed by atoms with Crippen molar-refractivity contribution in [2.45, 2.75) is 49.9 Å². The van der Waals surface area contributed by atoms with Crippen LogP contribution in [0.2, 0.25) is 0 Å². The highest BCUT2D eigenvalue weighted by atomic mass is 16.4. The molecule has 5 rings (SSSR count). The molecule has 6 unspecified atom stereocenters. The molecular weight excluding hydrogens is 480 g/mol. The van der Waals surface area contributed by atoms with Crippen LogP contribution < -0.4 is 5.73 Å². The quantitative estimate of drug-likeness (QED) is 0.324. The number of phenols is 1. The Bertz CT molecular complexity index is 1360. The molecule has 1 aromatic rings. The number of Topliss-reactive ketones (excluding diaryl/α,β-unsaturated/α-hetero) is 2. The first-order valence-corrected chi connectivity index (χ1v) is 12.2. The molecule has 0 saturated heterocycles. The number of primary amides is 1. The highest BCUT2D eigenvalue weighted by molar-refractivity contribution is 6.24. The first kappa shape index (κ1) is 25.2. The van der Waals surface area contributed by atoms with Gasteiger partial charge in [0.2, 0.25) is 5.78 Å². The number of rotatable bonds is 3. The summed E-state index contributed by atoms with van der Waals surface area (Å²) < 4.78 is 0. The van der Waals surface area contributed by atoms with Crippen molar-refractivity contribution in [3.8, 4) is 5.75 Å². The van der Waals surface area contributed by atoms with Crippen LogP contribution in [0.25, 0.3) is 11.3 Å². The Morgan fingerprint density at radius 1 is 1.16 bits per heavy atom. The van der Waals surface area contributed by atoms with E-state index < -0.39 is 70.1 Å². The smallest absolute Gasteiger partial charge is 0.255 e. The first-order valence-electron chi connectivity index (χ1n) is 12.2. The molecule has 0 aromatic heterocycles. The van der Waals surface area contributed by atoms with Gasteiger partial charge in [-0.2, -0.15) is 0 Å². The van der Waals surface area contributed by atoms with Crippen LogP contribution in [0.3, 0.4) is 0 Å². The number of hydrogen-bond acceptors (Lipinski definition) is 9. The molecule has 0 bridgehead atoms. The van der Waals surface area contributed by atoms with Crippen LogP contribution in [0.15, 0.2) is 35.1 Å². The van der Waals surface area contributed by atoms with Gasteiger partial charge in [0.1, 0.15) is 22.8 Å². The predicted octanol–water partition coefficient (Wildman–Crippen LogP) is 1.06. The number of benzene rings is 1. The maximum absolute atomic E-state index is 14.0. The van der Waals surface area contributed by atoms with E-state index in [4.69, 9.17) is 5.73 Å². The van der Waals surface area contributed by atoms with Gasteiger partial charge in [-0.05, 0) is 50.4 Å². The van der Waals surface area contributed by atoms with E-state index in [2.05, 4.69) is 0 Å². The van der Waals surface area contributed by atoms with Crippen molar-refractivity contribution >= 4 is 28.8 Å². The van der Waals surface area contributed by atoms with E-state index in [9.17, 15) is 39.9 Å². The van der Waals surface area contributed by atoms with E-state index in [1.807, 2.05) is 6.08 Å². The Hall–Kier alpha value is -3.47. The Kier molecular flexibility index (Phi) is 5.63. The van der Waals surface area contributed by atoms with Gasteiger partial charge in [0.15, 0.2) is 11.4 Å². The molecule has 10 heteroatoms. The zero-order valence-corrected chi connectivity index (χ0v) is 20.7. The third-order valence-corrected chi connectivity index (χ3v) is 8.52. The molecule has 4 aliphatic carbocycles. The maximum Gasteiger partial charge on any atom is 0.255 e. The Morgan fingerprint density at radius 3 is 2.41 bits per heavy atom. The molecule has 1 amide bonds. The van der Waals surface area contributed by atoms with E-state index in [0.717, 1.165) is 24.8 Å². The molecule has 196 valence electrons. The zero-order valence-electron chi connectivity index (χ0n) is 20.7. The number of allylic oxidation sites excluding steroid dienone is 2. The number of carbonyl (C=O) groups is 3. The monoisotopic (exact) mass is 510 g/mol. The summed E-state index contributed by atoms with van der Waals surface area (Å²) in [6.07, 6.45) is 2.93. The minimum atomic E-state index is -2.91. The highest BCUT2D eigenvalue weighted by Crippen LogP contribution is 2.56. The molecule has 0 radical (unpaired) electrons. The van der Waals surface area contributed by atoms with Gasteiger partial charge in [-0.15, -0.1) is 0 Å². The maximum atomic E-state index is 14.0. The molecule has 1 saturated carbocycles. The number of amides is 1. The summed E-state index contributed by atoms with van der Waals surface area (Å²) in [5, 5.41) is 56.9. The lowest BCUT2D eigenvalue weighted by Gasteiger charge is -2.53. The number of aliphatic hydroxyl groups is 4. The lowest BCUT2D eigenvalue weighted by molar-refractivity contribution is -0.169. The molecule has 0 aliphatic heterocycles. The van der Waals surface area contributed by atoms with Crippen LogP contribution >= 0.6 is 0 Å². The number of nitrogens with zero attached hydrogens (tertiary/aromatic N) is 1. The third kappa shape index (κ3) is 3.12. The van der Waals surface area contributed by atoms with Crippen molar-refractivity contribution in [1.82, 2.24) is 4.90 Å². The van der Waals surface area contributed by atoms with Crippen molar-refractivity contribution in [1.29, 1.82) is 0 Å². The highest BCUT2D eigenvalue weighted by Gasteiger charge is 2.68. The lowest BCUT2D eigenvalue weighted by atomic mass is 9.54. The molecular formula is C27H30N2O8. The Balaban J connectivity index is 1.78. The van der Waals surface area contributed by atoms with Gasteiger partial charge in [-0.25, -0.2) is 0 Å². The van der Waals surface area contributed by atoms with Gasteiger partial charge in [-0.1, -0.05) is 25.1 Å². The van der Waals surface area contributed by atoms with Crippen molar-refractivity contribution in [2.24, 2.45) is 17.6 Å². The molecule has 10 nitrogen and oxygen atoms in total. The fraction of sp³-hybridized carbons (Fsp3) is 0.444. The van der Waals surface area contributed by atoms with Crippen LogP contribution in [0, 0.1) is 11.8 Å². The average Bonchev–Trinajstić information content (AvgIpc) is 3.35. The topological polar surface area (TPSA) is 182 Å². The van der Waals surface area contributed by atoms with Crippen LogP contribution in [0.1, 0.15) is 48.8 Å². The number of likely N-dealkylation sites (N-methyl/N-ethyl adjacent to an activating group) is 1. The lowest BCUT2D eigenvalue weighted by Crippen LogP contribution is -2.70. The van der Waals surface area contributed by atoms with Gasteiger partial charge >= 0.3 is 0 Å². The van der Waals surface area contributed by atoms with Gasteiger partial charge in [-0.3, -0.25) is 19.3 Å². The van der Waals surface area contributed by atoms with Crippen molar-refractivity contribution < 1.29 is 39.9 Å². The van der Waals surface area contributed by atoms with E-state index in [1.165, 1.54) is 19.0 Å². The standard InChI is InChI=1S/C27H30N2O8/c1-10-12-8-9-13(11-6-4-5-7-11)20(30)15(12)21(31)16-14(10)22(32)18-19(29(2)3)23(33)17(26(28)36)25(35)27(18,37)24(16)34/h6,8-10,14,18-19,22,30-32,35,37H,4-5,7H2,1-3H3,(H2,28,36). The summed E-state index contributed by atoms with van der Waals surface area (Å²) in [6.45, 7) is 1.71. The summed E-state index contributed by atoms with van der Waals surface area (Å²) in [5.41, 5.74) is 3.03. The van der Waals surface area contributed by atoms with E-state index >= 15 is 0 Å². The number of carbonyl (C=O) groups excluding carboxylic acids is 3. The second-order valence-electron chi connectivity index (χ2n) is 10.6. The summed E-state index contributed by atoms with van der Waals surface area (Å²) in [7, 11) is 2.95. The third-order valence-electron chi connectivity index (χ3n) is 8.52. The van der Waals surface area contributed by atoms with Crippen LogP contribution in [-0.4, -0.2) is 79.7 Å². The SMILES string of the molecule is CC1c2ccc(C3=CCCC3)c(O)c2C(O)=C2C(=O)C3(O)C(O)=C(C(N)=O)C(=O)C(N(C)C)C3C(O)C21. The molecule has 1 aromatic carbocycles. The number of aliphatic hydroxyl groups excluding tert-OH is 3. The molecule has 6 atom stereocenters. The number of phenolic OH excluding ortho intramolecular Hbond substituents is 1. The summed E-state index contributed by atoms with van der Waals surface area (Å²) in [4.78, 5) is 40.6. The first-order chi connectivity index (χ1) is 17.3. The molecule has 4 aliphatic rings. The van der Waals surface area contributed by atoms with Crippen molar-refractivity contribution in [3.63, 3.8) is 0 Å². The average molecular weight is 511 g/mol. The van der Waals surface area contributed by atoms with Gasteiger partial charge in [0.05, 0.1) is 23.6 Å². The molecule has 0 heterocycles. The van der Waals surface area contributed by atoms with Gasteiger partial charge in [0.25, 0.3) is 5.91 Å². The molecule has 1 fully saturated rings. The fourth-order valence-corrected chi connectivity index (χ4v) is 6.79. The molecule has 37 heavy (non-hydrogen) atoms. The summed E-state index contributed by atoms with van der Waals surface area (Å²) >= 11 is 0. The number of hydrogen-bond donors (Lipinski definition) is 6. The number of aromatic hydroxyl groups is 1. The van der Waals surface area contributed by atoms with Crippen LogP contribution in [-0.2, 0) is 14.4 Å². The van der Waals surface area contributed by atoms with Gasteiger partial charge < -0.3 is 31.3 Å². The number of nitrogens with two attached hydrogens (primary N) is 1. The van der Waals surface area contributed by atoms with Crippen LogP contribution in [0.4, 0.5) is 0 Å².